The Morgan fingerprint density at radius 1 is 1.29 bits per heavy atom. The summed E-state index contributed by atoms with van der Waals surface area (Å²) in [7, 11) is 0. The highest BCUT2D eigenvalue weighted by Gasteiger charge is 2.27. The Hall–Kier alpha value is -1.11. The zero-order chi connectivity index (χ0) is 15.0. The Balaban J connectivity index is 1.99. The lowest BCUT2D eigenvalue weighted by Gasteiger charge is -2.33. The van der Waals surface area contributed by atoms with E-state index in [-0.39, 0.29) is 11.9 Å². The molecule has 0 aliphatic carbocycles. The summed E-state index contributed by atoms with van der Waals surface area (Å²) in [4.78, 5) is 14.5. The molecular weight excluding hydrogens is 399 g/mol. The molecule has 0 saturated carbocycles. The molecule has 2 aromatic rings. The van der Waals surface area contributed by atoms with Crippen molar-refractivity contribution in [3.05, 3.63) is 62.2 Å². The molecule has 0 bridgehead atoms. The molecule has 3 nitrogen and oxygen atoms in total. The zero-order valence-corrected chi connectivity index (χ0v) is 14.1. The maximum absolute atomic E-state index is 12.8. The van der Waals surface area contributed by atoms with E-state index in [2.05, 4.69) is 22.6 Å². The lowest BCUT2D eigenvalue weighted by Crippen LogP contribution is -2.46. The number of anilines is 1. The summed E-state index contributed by atoms with van der Waals surface area (Å²) in [6.07, 6.45) is 0.799. The number of nitrogens with zero attached hydrogens (tertiary/aromatic N) is 1. The monoisotopic (exact) mass is 412 g/mol. The molecule has 5 heteroatoms. The number of carbonyl (C=O) groups excluding carboxylic acids is 1. The van der Waals surface area contributed by atoms with Crippen LogP contribution in [0.1, 0.15) is 15.9 Å². The van der Waals surface area contributed by atoms with Gasteiger partial charge < -0.3 is 10.6 Å². The third kappa shape index (κ3) is 2.93. The minimum atomic E-state index is -0.0594. The summed E-state index contributed by atoms with van der Waals surface area (Å²) < 4.78 is 0.932. The van der Waals surface area contributed by atoms with E-state index in [1.54, 1.807) is 17.0 Å². The first-order chi connectivity index (χ1) is 10.1. The van der Waals surface area contributed by atoms with Crippen molar-refractivity contribution in [3.8, 4) is 0 Å². The number of carbonyl (C=O) groups is 1. The number of fused-ring (bicyclic) bond motifs is 1. The quantitative estimate of drug-likeness (QED) is 0.729. The lowest BCUT2D eigenvalue weighted by atomic mass is 9.97. The summed E-state index contributed by atoms with van der Waals surface area (Å²) in [5.41, 5.74) is 8.73. The second kappa shape index (κ2) is 5.94. The van der Waals surface area contributed by atoms with Crippen LogP contribution in [0.25, 0.3) is 0 Å². The van der Waals surface area contributed by atoms with Crippen LogP contribution in [-0.4, -0.2) is 18.5 Å². The number of rotatable bonds is 1. The van der Waals surface area contributed by atoms with Gasteiger partial charge in [-0.3, -0.25) is 4.79 Å². The van der Waals surface area contributed by atoms with Gasteiger partial charge in [-0.25, -0.2) is 0 Å². The molecule has 21 heavy (non-hydrogen) atoms. The van der Waals surface area contributed by atoms with Crippen molar-refractivity contribution < 1.29 is 4.79 Å². The summed E-state index contributed by atoms with van der Waals surface area (Å²) >= 11 is 8.27. The SMILES string of the molecule is NC1Cc2ccccc2N(C(=O)c2ccc(I)c(Cl)c2)C1. The summed E-state index contributed by atoms with van der Waals surface area (Å²) in [5.74, 6) is -0.0594. The highest BCUT2D eigenvalue weighted by Crippen LogP contribution is 2.29. The average molecular weight is 413 g/mol. The molecule has 1 amide bonds. The fourth-order valence-electron chi connectivity index (χ4n) is 2.60. The molecule has 0 radical (unpaired) electrons. The predicted molar refractivity (Wildman–Crippen MR) is 94.0 cm³/mol. The lowest BCUT2D eigenvalue weighted by molar-refractivity contribution is 0.0983. The van der Waals surface area contributed by atoms with Gasteiger partial charge >= 0.3 is 0 Å². The van der Waals surface area contributed by atoms with E-state index in [9.17, 15) is 4.79 Å². The number of hydrogen-bond donors (Lipinski definition) is 1. The van der Waals surface area contributed by atoms with Gasteiger partial charge in [-0.2, -0.15) is 0 Å². The topological polar surface area (TPSA) is 46.3 Å². The van der Waals surface area contributed by atoms with E-state index in [0.29, 0.717) is 17.1 Å². The second-order valence-electron chi connectivity index (χ2n) is 5.14. The summed E-state index contributed by atoms with van der Waals surface area (Å²) in [6, 6.07) is 13.2. The van der Waals surface area contributed by atoms with Crippen LogP contribution in [0.2, 0.25) is 5.02 Å². The van der Waals surface area contributed by atoms with Crippen molar-refractivity contribution in [1.82, 2.24) is 0 Å². The Morgan fingerprint density at radius 3 is 2.81 bits per heavy atom. The molecule has 108 valence electrons. The van der Waals surface area contributed by atoms with Crippen LogP contribution in [0.3, 0.4) is 0 Å². The first kappa shape index (κ1) is 14.8. The smallest absolute Gasteiger partial charge is 0.258 e. The molecule has 1 unspecified atom stereocenters. The normalized spacial score (nSPS) is 17.5. The van der Waals surface area contributed by atoms with Crippen LogP contribution in [0.4, 0.5) is 5.69 Å². The average Bonchev–Trinajstić information content (AvgIpc) is 2.48. The highest BCUT2D eigenvalue weighted by atomic mass is 127. The van der Waals surface area contributed by atoms with Crippen molar-refractivity contribution >= 4 is 45.8 Å². The molecule has 2 N–H and O–H groups in total. The van der Waals surface area contributed by atoms with Gasteiger partial charge in [-0.15, -0.1) is 0 Å². The van der Waals surface area contributed by atoms with Crippen molar-refractivity contribution in [1.29, 1.82) is 0 Å². The maximum atomic E-state index is 12.8. The Bertz CT molecular complexity index is 704. The van der Waals surface area contributed by atoms with Gasteiger partial charge in [0.1, 0.15) is 0 Å². The van der Waals surface area contributed by atoms with Gasteiger partial charge in [0.15, 0.2) is 0 Å². The van der Waals surface area contributed by atoms with Gasteiger partial charge in [0.05, 0.1) is 5.02 Å². The minimum absolute atomic E-state index is 0.0387. The molecule has 1 aliphatic heterocycles. The number of nitrogens with two attached hydrogens (primary N) is 1. The van der Waals surface area contributed by atoms with Crippen LogP contribution in [0.15, 0.2) is 42.5 Å². The maximum Gasteiger partial charge on any atom is 0.258 e. The second-order valence-corrected chi connectivity index (χ2v) is 6.71. The summed E-state index contributed by atoms with van der Waals surface area (Å²) in [5, 5.41) is 0.594. The van der Waals surface area contributed by atoms with Gasteiger partial charge in [-0.1, -0.05) is 29.8 Å². The standard InChI is InChI=1S/C16H14ClIN2O/c17-13-8-11(5-6-14(13)18)16(21)20-9-12(19)7-10-3-1-2-4-15(10)20/h1-6,8,12H,7,9,19H2. The van der Waals surface area contributed by atoms with Crippen molar-refractivity contribution in [2.24, 2.45) is 5.73 Å². The summed E-state index contributed by atoms with van der Waals surface area (Å²) in [6.45, 7) is 0.527. The van der Waals surface area contributed by atoms with E-state index < -0.39 is 0 Å². The van der Waals surface area contributed by atoms with E-state index >= 15 is 0 Å². The molecule has 0 spiro atoms. The van der Waals surface area contributed by atoms with Crippen LogP contribution < -0.4 is 10.6 Å². The fourth-order valence-corrected chi connectivity index (χ4v) is 3.12. The van der Waals surface area contributed by atoms with Gasteiger partial charge in [-0.05, 0) is 58.8 Å². The number of halogens is 2. The first-order valence-electron chi connectivity index (χ1n) is 6.66. The van der Waals surface area contributed by atoms with Crippen molar-refractivity contribution in [2.75, 3.05) is 11.4 Å². The van der Waals surface area contributed by atoms with Gasteiger partial charge in [0.2, 0.25) is 0 Å². The number of amides is 1. The molecule has 2 aromatic carbocycles. The van der Waals surface area contributed by atoms with E-state index in [1.165, 1.54) is 0 Å². The first-order valence-corrected chi connectivity index (χ1v) is 8.12. The third-order valence-corrected chi connectivity index (χ3v) is 5.17. The molecule has 1 aliphatic rings. The van der Waals surface area contributed by atoms with Crippen LogP contribution in [0, 0.1) is 3.57 Å². The van der Waals surface area contributed by atoms with Gasteiger partial charge in [0, 0.05) is 27.4 Å². The molecule has 0 fully saturated rings. The molecule has 1 heterocycles. The molecule has 3 rings (SSSR count). The number of hydrogen-bond acceptors (Lipinski definition) is 2. The predicted octanol–water partition coefficient (Wildman–Crippen LogP) is 3.47. The van der Waals surface area contributed by atoms with E-state index in [1.807, 2.05) is 30.3 Å². The third-order valence-electron chi connectivity index (χ3n) is 3.59. The number of benzene rings is 2. The van der Waals surface area contributed by atoms with E-state index in [0.717, 1.165) is 21.2 Å². The Morgan fingerprint density at radius 2 is 2.05 bits per heavy atom. The minimum Gasteiger partial charge on any atom is -0.326 e. The van der Waals surface area contributed by atoms with E-state index in [4.69, 9.17) is 17.3 Å². The van der Waals surface area contributed by atoms with Crippen molar-refractivity contribution in [2.45, 2.75) is 12.5 Å². The largest absolute Gasteiger partial charge is 0.326 e. The van der Waals surface area contributed by atoms with Gasteiger partial charge in [0.25, 0.3) is 5.91 Å². The van der Waals surface area contributed by atoms with Crippen LogP contribution in [-0.2, 0) is 6.42 Å². The molecular formula is C16H14ClIN2O. The Labute approximate surface area is 142 Å². The van der Waals surface area contributed by atoms with Crippen LogP contribution >= 0.6 is 34.2 Å². The number of para-hydroxylation sites is 1. The molecule has 0 aromatic heterocycles. The molecule has 1 atom stereocenters. The zero-order valence-electron chi connectivity index (χ0n) is 11.2. The Kier molecular flexibility index (Phi) is 4.19. The molecule has 0 saturated heterocycles. The fraction of sp³-hybridized carbons (Fsp3) is 0.188. The van der Waals surface area contributed by atoms with Crippen molar-refractivity contribution in [3.63, 3.8) is 0 Å². The van der Waals surface area contributed by atoms with Crippen LogP contribution in [0.5, 0.6) is 0 Å². The highest BCUT2D eigenvalue weighted by molar-refractivity contribution is 14.1.